The van der Waals surface area contributed by atoms with E-state index in [0.29, 0.717) is 11.2 Å². The summed E-state index contributed by atoms with van der Waals surface area (Å²) in [5.74, 6) is -0.450. The molecule has 30 heavy (non-hydrogen) atoms. The number of alkyl halides is 3. The zero-order valence-electron chi connectivity index (χ0n) is 15.4. The van der Waals surface area contributed by atoms with Gasteiger partial charge in [-0.3, -0.25) is 9.78 Å². The van der Waals surface area contributed by atoms with Crippen molar-refractivity contribution in [3.63, 3.8) is 0 Å². The van der Waals surface area contributed by atoms with E-state index in [0.717, 1.165) is 15.8 Å². The van der Waals surface area contributed by atoms with E-state index in [1.165, 1.54) is 29.2 Å². The van der Waals surface area contributed by atoms with Crippen molar-refractivity contribution in [3.05, 3.63) is 60.3 Å². The van der Waals surface area contributed by atoms with Crippen LogP contribution in [0.5, 0.6) is 0 Å². The van der Waals surface area contributed by atoms with Gasteiger partial charge in [0.1, 0.15) is 6.54 Å². The third-order valence-corrected chi connectivity index (χ3v) is 5.32. The Balaban J connectivity index is 1.56. The number of halogens is 3. The molecule has 0 atom stereocenters. The van der Waals surface area contributed by atoms with E-state index in [2.05, 4.69) is 4.98 Å². The molecule has 1 aromatic heterocycles. The largest absolute Gasteiger partial charge is 0.446 e. The molecule has 1 fully saturated rings. The number of hydrogen-bond donors (Lipinski definition) is 1. The number of nitrogens with two attached hydrogens (primary N) is 1. The molecular weight excluding hydrogens is 417 g/mol. The first kappa shape index (κ1) is 20.0. The van der Waals surface area contributed by atoms with E-state index in [-0.39, 0.29) is 35.4 Å². The number of urea groups is 1. The molecular formula is C20H15F3N4O2S. The number of pyridine rings is 1. The maximum absolute atomic E-state index is 12.8. The van der Waals surface area contributed by atoms with Crippen molar-refractivity contribution < 1.29 is 22.8 Å². The van der Waals surface area contributed by atoms with E-state index in [9.17, 15) is 22.8 Å². The smallest absolute Gasteiger partial charge is 0.399 e. The van der Waals surface area contributed by atoms with E-state index < -0.39 is 17.4 Å². The van der Waals surface area contributed by atoms with Crippen LogP contribution in [0.4, 0.5) is 29.3 Å². The van der Waals surface area contributed by atoms with Gasteiger partial charge in [-0.05, 0) is 65.9 Å². The minimum absolute atomic E-state index is 0.0250. The molecule has 0 aliphatic carbocycles. The van der Waals surface area contributed by atoms with Gasteiger partial charge in [-0.15, -0.1) is 0 Å². The number of amides is 3. The molecule has 0 spiro atoms. The third kappa shape index (κ3) is 4.04. The average molecular weight is 432 g/mol. The minimum atomic E-state index is -4.41. The number of imide groups is 1. The van der Waals surface area contributed by atoms with Crippen LogP contribution in [-0.4, -0.2) is 33.9 Å². The molecule has 4 rings (SSSR count). The highest BCUT2D eigenvalue weighted by atomic mass is 32.2. The topological polar surface area (TPSA) is 79.5 Å². The van der Waals surface area contributed by atoms with Gasteiger partial charge in [0.05, 0.1) is 11.2 Å². The summed E-state index contributed by atoms with van der Waals surface area (Å²) in [7, 11) is 0. The van der Waals surface area contributed by atoms with Crippen molar-refractivity contribution in [1.29, 1.82) is 0 Å². The normalized spacial score (nSPS) is 14.8. The van der Waals surface area contributed by atoms with Crippen LogP contribution in [0.1, 0.15) is 5.56 Å². The maximum atomic E-state index is 12.8. The number of nitrogens with zero attached hydrogens (tertiary/aromatic N) is 3. The van der Waals surface area contributed by atoms with Gasteiger partial charge in [-0.2, -0.15) is 13.2 Å². The third-order valence-electron chi connectivity index (χ3n) is 4.58. The summed E-state index contributed by atoms with van der Waals surface area (Å²) in [5, 5.41) is 0.782. The Hall–Kier alpha value is -3.27. The lowest BCUT2D eigenvalue weighted by molar-refractivity contribution is -0.116. The van der Waals surface area contributed by atoms with Crippen LogP contribution < -0.4 is 10.6 Å². The summed E-state index contributed by atoms with van der Waals surface area (Å²) in [6, 6.07) is 11.6. The molecule has 1 aliphatic heterocycles. The van der Waals surface area contributed by atoms with Gasteiger partial charge >= 0.3 is 11.5 Å². The minimum Gasteiger partial charge on any atom is -0.399 e. The molecule has 0 radical (unpaired) electrons. The van der Waals surface area contributed by atoms with Crippen molar-refractivity contribution in [2.75, 3.05) is 17.2 Å². The van der Waals surface area contributed by atoms with Gasteiger partial charge in [0, 0.05) is 28.7 Å². The highest BCUT2D eigenvalue weighted by Crippen LogP contribution is 2.37. The number of carbonyl (C=O) groups is 2. The highest BCUT2D eigenvalue weighted by molar-refractivity contribution is 8.00. The molecule has 2 aromatic carbocycles. The fraction of sp³-hybridized carbons (Fsp3) is 0.150. The van der Waals surface area contributed by atoms with Crippen LogP contribution in [0.3, 0.4) is 0 Å². The molecule has 2 N–H and O–H groups in total. The SMILES string of the molecule is Nc1ccc2nccc(CN3CC(=O)N(c4ccc(SC(F)(F)F)cc4)C3=O)c2c1. The van der Waals surface area contributed by atoms with Crippen LogP contribution >= 0.6 is 11.8 Å². The molecule has 1 saturated heterocycles. The summed E-state index contributed by atoms with van der Waals surface area (Å²) in [6.45, 7) is 0.0373. The fourth-order valence-corrected chi connectivity index (χ4v) is 3.83. The molecule has 10 heteroatoms. The molecule has 3 amide bonds. The maximum Gasteiger partial charge on any atom is 0.446 e. The van der Waals surface area contributed by atoms with Crippen molar-refractivity contribution in [2.24, 2.45) is 0 Å². The number of nitrogen functional groups attached to an aromatic ring is 1. The molecule has 0 unspecified atom stereocenters. The zero-order valence-corrected chi connectivity index (χ0v) is 16.2. The standard InChI is InChI=1S/C20H15F3N4O2S/c21-20(22,23)30-15-4-2-14(3-5-15)27-18(28)11-26(19(27)29)10-12-7-8-25-17-6-1-13(24)9-16(12)17/h1-9H,10-11,24H2. The number of anilines is 2. The summed E-state index contributed by atoms with van der Waals surface area (Å²) in [5.41, 5.74) is 3.73. The van der Waals surface area contributed by atoms with E-state index in [1.807, 2.05) is 0 Å². The molecule has 2 heterocycles. The van der Waals surface area contributed by atoms with Gasteiger partial charge in [-0.1, -0.05) is 0 Å². The van der Waals surface area contributed by atoms with E-state index in [1.54, 1.807) is 30.5 Å². The number of carbonyl (C=O) groups excluding carboxylic acids is 2. The van der Waals surface area contributed by atoms with Crippen LogP contribution in [0, 0.1) is 0 Å². The van der Waals surface area contributed by atoms with Crippen molar-refractivity contribution >= 4 is 46.0 Å². The summed E-state index contributed by atoms with van der Waals surface area (Å²) in [4.78, 5) is 31.9. The van der Waals surface area contributed by atoms with Crippen molar-refractivity contribution in [1.82, 2.24) is 9.88 Å². The second-order valence-corrected chi connectivity index (χ2v) is 7.79. The highest BCUT2D eigenvalue weighted by Gasteiger charge is 2.37. The monoisotopic (exact) mass is 432 g/mol. The lowest BCUT2D eigenvalue weighted by Crippen LogP contribution is -2.32. The van der Waals surface area contributed by atoms with Crippen molar-refractivity contribution in [3.8, 4) is 0 Å². The fourth-order valence-electron chi connectivity index (χ4n) is 3.29. The van der Waals surface area contributed by atoms with Gasteiger partial charge in [0.2, 0.25) is 0 Å². The van der Waals surface area contributed by atoms with E-state index >= 15 is 0 Å². The summed E-state index contributed by atoms with van der Waals surface area (Å²) >= 11 is -0.257. The van der Waals surface area contributed by atoms with Crippen LogP contribution in [0.25, 0.3) is 10.9 Å². The van der Waals surface area contributed by atoms with Crippen LogP contribution in [0.15, 0.2) is 59.6 Å². The first-order chi connectivity index (χ1) is 14.2. The molecule has 0 bridgehead atoms. The Morgan fingerprint density at radius 1 is 1.07 bits per heavy atom. The molecule has 1 aliphatic rings. The zero-order chi connectivity index (χ0) is 21.5. The second-order valence-electron chi connectivity index (χ2n) is 6.66. The first-order valence-electron chi connectivity index (χ1n) is 8.82. The molecule has 3 aromatic rings. The summed E-state index contributed by atoms with van der Waals surface area (Å²) in [6.07, 6.45) is 1.62. The lowest BCUT2D eigenvalue weighted by atomic mass is 10.1. The Bertz CT molecular complexity index is 1140. The first-order valence-corrected chi connectivity index (χ1v) is 9.64. The van der Waals surface area contributed by atoms with Crippen molar-refractivity contribution in [2.45, 2.75) is 16.9 Å². The van der Waals surface area contributed by atoms with Gasteiger partial charge in [0.15, 0.2) is 0 Å². The predicted octanol–water partition coefficient (Wildman–Crippen LogP) is 4.40. The van der Waals surface area contributed by atoms with Crippen LogP contribution in [-0.2, 0) is 11.3 Å². The Morgan fingerprint density at radius 3 is 2.50 bits per heavy atom. The Morgan fingerprint density at radius 2 is 1.80 bits per heavy atom. The number of aromatic nitrogens is 1. The Labute approximate surface area is 173 Å². The predicted molar refractivity (Wildman–Crippen MR) is 108 cm³/mol. The number of rotatable bonds is 4. The number of fused-ring (bicyclic) bond motifs is 1. The lowest BCUT2D eigenvalue weighted by Gasteiger charge is -2.18. The van der Waals surface area contributed by atoms with Crippen LogP contribution in [0.2, 0.25) is 0 Å². The Kier molecular flexibility index (Phi) is 5.02. The second kappa shape index (κ2) is 7.52. The molecule has 154 valence electrons. The molecule has 6 nitrogen and oxygen atoms in total. The van der Waals surface area contributed by atoms with Gasteiger partial charge in [0.25, 0.3) is 5.91 Å². The number of thioether (sulfide) groups is 1. The quantitative estimate of drug-likeness (QED) is 0.376. The molecule has 0 saturated carbocycles. The average Bonchev–Trinajstić information content (AvgIpc) is 2.95. The summed E-state index contributed by atoms with van der Waals surface area (Å²) < 4.78 is 37.5. The van der Waals surface area contributed by atoms with Gasteiger partial charge in [-0.25, -0.2) is 9.69 Å². The van der Waals surface area contributed by atoms with E-state index in [4.69, 9.17) is 5.73 Å². The van der Waals surface area contributed by atoms with Gasteiger partial charge < -0.3 is 10.6 Å². The number of hydrogen-bond acceptors (Lipinski definition) is 5. The number of benzene rings is 2.